The summed E-state index contributed by atoms with van der Waals surface area (Å²) in [5.74, 6) is 0.875. The number of phenolic OH excluding ortho intramolecular Hbond substituents is 1. The molecule has 0 bridgehead atoms. The van der Waals surface area contributed by atoms with Crippen LogP contribution in [0.1, 0.15) is 39.7 Å². The number of methoxy groups -OCH3 is 1. The van der Waals surface area contributed by atoms with Crippen LogP contribution in [0.2, 0.25) is 0 Å². The van der Waals surface area contributed by atoms with Gasteiger partial charge in [-0.3, -0.25) is 9.59 Å². The number of rotatable bonds is 5. The molecule has 1 N–H and O–H groups in total. The van der Waals surface area contributed by atoms with Crippen molar-refractivity contribution in [2.45, 2.75) is 34.1 Å². The van der Waals surface area contributed by atoms with Crippen molar-refractivity contribution in [3.8, 4) is 11.5 Å². The van der Waals surface area contributed by atoms with Gasteiger partial charge in [-0.05, 0) is 59.6 Å². The van der Waals surface area contributed by atoms with Crippen molar-refractivity contribution in [3.63, 3.8) is 0 Å². The van der Waals surface area contributed by atoms with Gasteiger partial charge < -0.3 is 9.84 Å². The third-order valence-electron chi connectivity index (χ3n) is 4.23. The van der Waals surface area contributed by atoms with Crippen LogP contribution in [0.3, 0.4) is 0 Å². The minimum absolute atomic E-state index is 0.0887. The maximum absolute atomic E-state index is 10.5. The molecule has 0 heterocycles. The van der Waals surface area contributed by atoms with E-state index in [9.17, 15) is 14.7 Å². The Morgan fingerprint density at radius 2 is 1.96 bits per heavy atom. The first-order chi connectivity index (χ1) is 13.2. The first-order valence-corrected chi connectivity index (χ1v) is 9.22. The Labute approximate surface area is 167 Å². The molecule has 0 amide bonds. The fraction of sp³-hybridized carbons (Fsp3) is 0.333. The van der Waals surface area contributed by atoms with Crippen LogP contribution >= 0.6 is 0 Å². The predicted octanol–water partition coefficient (Wildman–Crippen LogP) is 5.29. The van der Waals surface area contributed by atoms with E-state index < -0.39 is 0 Å². The maximum atomic E-state index is 10.5. The molecule has 0 aromatic heterocycles. The molecule has 4 heteroatoms. The van der Waals surface area contributed by atoms with Crippen molar-refractivity contribution in [2.75, 3.05) is 7.11 Å². The van der Waals surface area contributed by atoms with E-state index in [0.29, 0.717) is 18.0 Å². The Balaban J connectivity index is 0.000000283. The molecule has 2 rings (SSSR count). The summed E-state index contributed by atoms with van der Waals surface area (Å²) in [5, 5.41) is 9.24. The van der Waals surface area contributed by atoms with Gasteiger partial charge >= 0.3 is 0 Å². The Kier molecular flexibility index (Phi) is 9.16. The fourth-order valence-corrected chi connectivity index (χ4v) is 2.64. The summed E-state index contributed by atoms with van der Waals surface area (Å²) < 4.78 is 4.89. The lowest BCUT2D eigenvalue weighted by Crippen LogP contribution is -2.11. The second-order valence-corrected chi connectivity index (χ2v) is 7.62. The Morgan fingerprint density at radius 1 is 1.25 bits per heavy atom. The van der Waals surface area contributed by atoms with E-state index in [1.165, 1.54) is 24.8 Å². The van der Waals surface area contributed by atoms with Gasteiger partial charge in [-0.1, -0.05) is 57.2 Å². The number of benzene rings is 1. The van der Waals surface area contributed by atoms with Crippen molar-refractivity contribution >= 4 is 18.6 Å². The van der Waals surface area contributed by atoms with Gasteiger partial charge in [0.1, 0.15) is 12.6 Å². The van der Waals surface area contributed by atoms with E-state index in [0.717, 1.165) is 23.8 Å². The minimum Gasteiger partial charge on any atom is -0.504 e. The molecule has 0 saturated carbocycles. The molecule has 0 fully saturated rings. The molecule has 150 valence electrons. The highest BCUT2D eigenvalue weighted by molar-refractivity contribution is 5.74. The highest BCUT2D eigenvalue weighted by atomic mass is 16.5. The molecular formula is C24H30O4. The third-order valence-corrected chi connectivity index (χ3v) is 4.23. The zero-order valence-corrected chi connectivity index (χ0v) is 17.3. The number of aromatic hydroxyl groups is 1. The largest absolute Gasteiger partial charge is 0.504 e. The Morgan fingerprint density at radius 3 is 2.46 bits per heavy atom. The molecular weight excluding hydrogens is 352 g/mol. The number of carbonyl (C=O) groups is 2. The van der Waals surface area contributed by atoms with E-state index >= 15 is 0 Å². The highest BCUT2D eigenvalue weighted by Crippen LogP contribution is 2.31. The second-order valence-electron chi connectivity index (χ2n) is 7.62. The number of ether oxygens (including phenoxy) is 1. The molecule has 1 atom stereocenters. The lowest BCUT2D eigenvalue weighted by molar-refractivity contribution is -0.105. The van der Waals surface area contributed by atoms with Crippen LogP contribution in [-0.2, 0) is 9.59 Å². The van der Waals surface area contributed by atoms with E-state index in [2.05, 4.69) is 39.0 Å². The lowest BCUT2D eigenvalue weighted by atomic mass is 9.81. The summed E-state index contributed by atoms with van der Waals surface area (Å²) in [4.78, 5) is 20.5. The number of phenols is 1. The summed E-state index contributed by atoms with van der Waals surface area (Å²) in [7, 11) is 1.47. The molecule has 0 aliphatic heterocycles. The van der Waals surface area contributed by atoms with Crippen LogP contribution in [0.15, 0.2) is 59.7 Å². The first-order valence-electron chi connectivity index (χ1n) is 9.22. The van der Waals surface area contributed by atoms with Gasteiger partial charge in [-0.2, -0.15) is 0 Å². The van der Waals surface area contributed by atoms with Crippen LogP contribution in [0.4, 0.5) is 0 Å². The topological polar surface area (TPSA) is 63.6 Å². The average molecular weight is 383 g/mol. The monoisotopic (exact) mass is 382 g/mol. The quantitative estimate of drug-likeness (QED) is 0.555. The molecule has 4 nitrogen and oxygen atoms in total. The number of aldehydes is 2. The molecule has 1 aromatic carbocycles. The molecule has 0 spiro atoms. The zero-order valence-electron chi connectivity index (χ0n) is 17.3. The van der Waals surface area contributed by atoms with Crippen LogP contribution in [0.5, 0.6) is 11.5 Å². The summed E-state index contributed by atoms with van der Waals surface area (Å²) in [6.45, 7) is 8.51. The van der Waals surface area contributed by atoms with Gasteiger partial charge in [0.2, 0.25) is 0 Å². The fourth-order valence-electron chi connectivity index (χ4n) is 2.64. The van der Waals surface area contributed by atoms with Crippen molar-refractivity contribution in [1.29, 1.82) is 0 Å². The van der Waals surface area contributed by atoms with E-state index in [4.69, 9.17) is 4.74 Å². The van der Waals surface area contributed by atoms with Crippen LogP contribution in [-0.4, -0.2) is 24.8 Å². The lowest BCUT2D eigenvalue weighted by Gasteiger charge is -2.24. The third kappa shape index (κ3) is 7.78. The summed E-state index contributed by atoms with van der Waals surface area (Å²) >= 11 is 0. The van der Waals surface area contributed by atoms with Crippen LogP contribution in [0, 0.1) is 11.3 Å². The molecule has 1 aromatic rings. The Hall–Kier alpha value is -2.88. The van der Waals surface area contributed by atoms with Gasteiger partial charge in [-0.25, -0.2) is 0 Å². The smallest absolute Gasteiger partial charge is 0.161 e. The SMILES string of the molecule is CC(C=O)=CC1C=CC(C(C)(C)C)=CC1.COc1cc(C=CC=O)ccc1O. The second kappa shape index (κ2) is 11.1. The van der Waals surface area contributed by atoms with Crippen molar-refractivity contribution in [3.05, 3.63) is 65.3 Å². The van der Waals surface area contributed by atoms with E-state index in [-0.39, 0.29) is 11.2 Å². The molecule has 0 saturated heterocycles. The molecule has 0 radical (unpaired) electrons. The normalized spacial score (nSPS) is 16.8. The van der Waals surface area contributed by atoms with Gasteiger partial charge in [-0.15, -0.1) is 0 Å². The van der Waals surface area contributed by atoms with E-state index in [1.54, 1.807) is 18.2 Å². The van der Waals surface area contributed by atoms with Crippen molar-refractivity contribution < 1.29 is 19.4 Å². The minimum atomic E-state index is 0.0887. The molecule has 1 aliphatic rings. The van der Waals surface area contributed by atoms with Gasteiger partial charge in [0.25, 0.3) is 0 Å². The Bertz CT molecular complexity index is 789. The van der Waals surface area contributed by atoms with Gasteiger partial charge in [0.05, 0.1) is 7.11 Å². The van der Waals surface area contributed by atoms with Crippen LogP contribution in [0.25, 0.3) is 6.08 Å². The number of allylic oxidation sites excluding steroid dienone is 7. The standard InChI is InChI=1S/C14H20O.C10H10O3/c1-11(10-15)9-12-5-7-13(8-6-12)14(2,3)4;1-13-10-7-8(3-2-6-11)4-5-9(10)12/h5,7-10,12H,6H2,1-4H3;2-7,12H,1H3. The average Bonchev–Trinajstić information content (AvgIpc) is 2.67. The van der Waals surface area contributed by atoms with Crippen molar-refractivity contribution in [1.82, 2.24) is 0 Å². The maximum Gasteiger partial charge on any atom is 0.161 e. The zero-order chi connectivity index (χ0) is 21.2. The van der Waals surface area contributed by atoms with Crippen molar-refractivity contribution in [2.24, 2.45) is 11.3 Å². The molecule has 28 heavy (non-hydrogen) atoms. The van der Waals surface area contributed by atoms with Gasteiger partial charge in [0.15, 0.2) is 11.5 Å². The van der Waals surface area contributed by atoms with E-state index in [1.807, 2.05) is 13.0 Å². The molecule has 1 aliphatic carbocycles. The highest BCUT2D eigenvalue weighted by Gasteiger charge is 2.17. The number of hydrogen-bond acceptors (Lipinski definition) is 4. The number of carbonyl (C=O) groups excluding carboxylic acids is 2. The predicted molar refractivity (Wildman–Crippen MR) is 114 cm³/mol. The number of hydrogen-bond donors (Lipinski definition) is 1. The summed E-state index contributed by atoms with van der Waals surface area (Å²) in [5.41, 5.74) is 3.24. The van der Waals surface area contributed by atoms with Gasteiger partial charge in [0, 0.05) is 0 Å². The first kappa shape index (κ1) is 23.2. The summed E-state index contributed by atoms with van der Waals surface area (Å²) in [6.07, 6.45) is 14.3. The van der Waals surface area contributed by atoms with Crippen LogP contribution < -0.4 is 4.74 Å². The summed E-state index contributed by atoms with van der Waals surface area (Å²) in [6, 6.07) is 4.86. The molecule has 1 unspecified atom stereocenters.